The molecule has 0 bridgehead atoms. The van der Waals surface area contributed by atoms with Crippen LogP contribution >= 0.6 is 11.3 Å². The SMILES string of the molecule is Cc1csc(CNC[C@]2(O)CCCN(Cc3ccccc3F)C2=O)n1. The summed E-state index contributed by atoms with van der Waals surface area (Å²) < 4.78 is 13.8. The molecule has 0 spiro atoms. The van der Waals surface area contributed by atoms with Crippen LogP contribution in [0, 0.1) is 12.7 Å². The average Bonchev–Trinajstić information content (AvgIpc) is 2.99. The molecule has 2 N–H and O–H groups in total. The molecule has 1 saturated heterocycles. The Labute approximate surface area is 150 Å². The van der Waals surface area contributed by atoms with Crippen molar-refractivity contribution < 1.29 is 14.3 Å². The second kappa shape index (κ2) is 7.59. The summed E-state index contributed by atoms with van der Waals surface area (Å²) >= 11 is 1.55. The number of carbonyl (C=O) groups is 1. The summed E-state index contributed by atoms with van der Waals surface area (Å²) in [7, 11) is 0. The number of nitrogens with zero attached hydrogens (tertiary/aromatic N) is 2. The van der Waals surface area contributed by atoms with Crippen molar-refractivity contribution in [3.63, 3.8) is 0 Å². The van der Waals surface area contributed by atoms with Gasteiger partial charge in [-0.25, -0.2) is 9.37 Å². The van der Waals surface area contributed by atoms with Crippen molar-refractivity contribution in [1.82, 2.24) is 15.2 Å². The highest BCUT2D eigenvalue weighted by molar-refractivity contribution is 7.09. The molecule has 3 rings (SSSR count). The number of thiazole rings is 1. The predicted molar refractivity (Wildman–Crippen MR) is 94.6 cm³/mol. The topological polar surface area (TPSA) is 65.5 Å². The maximum Gasteiger partial charge on any atom is 0.256 e. The largest absolute Gasteiger partial charge is 0.379 e. The number of likely N-dealkylation sites (tertiary alicyclic amines) is 1. The molecule has 2 heterocycles. The van der Waals surface area contributed by atoms with Gasteiger partial charge in [0.05, 0.1) is 0 Å². The van der Waals surface area contributed by atoms with Crippen molar-refractivity contribution in [2.24, 2.45) is 0 Å². The molecule has 0 radical (unpaired) electrons. The van der Waals surface area contributed by atoms with Crippen LogP contribution in [-0.4, -0.2) is 39.6 Å². The number of aryl methyl sites for hydroxylation is 1. The van der Waals surface area contributed by atoms with E-state index in [2.05, 4.69) is 10.3 Å². The Morgan fingerprint density at radius 2 is 2.24 bits per heavy atom. The number of aromatic nitrogens is 1. The van der Waals surface area contributed by atoms with E-state index in [1.165, 1.54) is 11.0 Å². The highest BCUT2D eigenvalue weighted by Gasteiger charge is 2.41. The van der Waals surface area contributed by atoms with Crippen molar-refractivity contribution in [2.45, 2.75) is 38.5 Å². The maximum atomic E-state index is 13.8. The van der Waals surface area contributed by atoms with Crippen LogP contribution in [0.5, 0.6) is 0 Å². The summed E-state index contributed by atoms with van der Waals surface area (Å²) in [5.74, 6) is -0.675. The van der Waals surface area contributed by atoms with Crippen molar-refractivity contribution in [1.29, 1.82) is 0 Å². The molecule has 1 atom stereocenters. The minimum atomic E-state index is -1.45. The molecule has 0 unspecified atom stereocenters. The quantitative estimate of drug-likeness (QED) is 0.826. The van der Waals surface area contributed by atoms with Gasteiger partial charge in [0.1, 0.15) is 10.8 Å². The standard InChI is InChI=1S/C18H22FN3O2S/c1-13-11-25-16(21-13)9-20-12-18(24)7-4-8-22(17(18)23)10-14-5-2-3-6-15(14)19/h2-3,5-6,11,20,24H,4,7-10,12H2,1H3/t18-/m1/s1. The van der Waals surface area contributed by atoms with E-state index in [1.54, 1.807) is 29.5 Å². The van der Waals surface area contributed by atoms with Crippen LogP contribution < -0.4 is 5.32 Å². The van der Waals surface area contributed by atoms with Crippen molar-refractivity contribution >= 4 is 17.2 Å². The number of aliphatic hydroxyl groups is 1. The van der Waals surface area contributed by atoms with E-state index in [9.17, 15) is 14.3 Å². The first-order valence-corrected chi connectivity index (χ1v) is 9.23. The van der Waals surface area contributed by atoms with Gasteiger partial charge in [0.25, 0.3) is 5.91 Å². The number of piperidine rings is 1. The van der Waals surface area contributed by atoms with Gasteiger partial charge in [-0.05, 0) is 25.8 Å². The molecule has 0 aliphatic carbocycles. The fourth-order valence-electron chi connectivity index (χ4n) is 3.07. The third-order valence-corrected chi connectivity index (χ3v) is 5.35. The normalized spacial score (nSPS) is 20.9. The number of rotatable bonds is 6. The molecule has 1 aromatic heterocycles. The van der Waals surface area contributed by atoms with E-state index in [0.29, 0.717) is 31.5 Å². The fourth-order valence-corrected chi connectivity index (χ4v) is 3.81. The van der Waals surface area contributed by atoms with Gasteiger partial charge in [0, 0.05) is 42.8 Å². The molecule has 1 aliphatic rings. The van der Waals surface area contributed by atoms with Gasteiger partial charge in [-0.1, -0.05) is 18.2 Å². The minimum Gasteiger partial charge on any atom is -0.379 e. The van der Waals surface area contributed by atoms with Crippen molar-refractivity contribution in [2.75, 3.05) is 13.1 Å². The van der Waals surface area contributed by atoms with E-state index in [-0.39, 0.29) is 24.8 Å². The number of benzene rings is 1. The molecule has 134 valence electrons. The lowest BCUT2D eigenvalue weighted by Crippen LogP contribution is -2.57. The summed E-state index contributed by atoms with van der Waals surface area (Å²) in [5.41, 5.74) is -0.0212. The molecule has 1 fully saturated rings. The molecule has 1 aliphatic heterocycles. The van der Waals surface area contributed by atoms with Gasteiger partial charge in [0.15, 0.2) is 5.60 Å². The Hall–Kier alpha value is -1.83. The van der Waals surface area contributed by atoms with Gasteiger partial charge in [-0.3, -0.25) is 4.79 Å². The zero-order valence-electron chi connectivity index (χ0n) is 14.2. The Bertz CT molecular complexity index is 751. The van der Waals surface area contributed by atoms with Gasteiger partial charge >= 0.3 is 0 Å². The number of halogens is 1. The maximum absolute atomic E-state index is 13.8. The highest BCUT2D eigenvalue weighted by atomic mass is 32.1. The lowest BCUT2D eigenvalue weighted by atomic mass is 9.91. The average molecular weight is 363 g/mol. The molecule has 25 heavy (non-hydrogen) atoms. The van der Waals surface area contributed by atoms with Crippen LogP contribution in [0.1, 0.15) is 29.1 Å². The molecule has 1 aromatic carbocycles. The number of carbonyl (C=O) groups excluding carboxylic acids is 1. The van der Waals surface area contributed by atoms with E-state index in [1.807, 2.05) is 12.3 Å². The van der Waals surface area contributed by atoms with Crippen LogP contribution in [0.2, 0.25) is 0 Å². The first-order chi connectivity index (χ1) is 12.0. The first kappa shape index (κ1) is 18.0. The summed E-state index contributed by atoms with van der Waals surface area (Å²) in [6, 6.07) is 6.42. The van der Waals surface area contributed by atoms with Crippen LogP contribution in [-0.2, 0) is 17.9 Å². The number of hydrogen-bond acceptors (Lipinski definition) is 5. The molecule has 1 amide bonds. The zero-order chi connectivity index (χ0) is 17.9. The lowest BCUT2D eigenvalue weighted by Gasteiger charge is -2.38. The summed E-state index contributed by atoms with van der Waals surface area (Å²) in [6.07, 6.45) is 1.10. The third kappa shape index (κ3) is 4.23. The van der Waals surface area contributed by atoms with E-state index < -0.39 is 5.60 Å². The van der Waals surface area contributed by atoms with Gasteiger partial charge < -0.3 is 15.3 Å². The van der Waals surface area contributed by atoms with E-state index >= 15 is 0 Å². The Morgan fingerprint density at radius 1 is 1.44 bits per heavy atom. The van der Waals surface area contributed by atoms with Crippen LogP contribution in [0.25, 0.3) is 0 Å². The van der Waals surface area contributed by atoms with E-state index in [0.717, 1.165) is 10.7 Å². The van der Waals surface area contributed by atoms with Crippen molar-refractivity contribution in [3.05, 3.63) is 51.7 Å². The Morgan fingerprint density at radius 3 is 2.96 bits per heavy atom. The predicted octanol–water partition coefficient (Wildman–Crippen LogP) is 2.23. The third-order valence-electron chi connectivity index (χ3n) is 4.38. The number of nitrogens with one attached hydrogen (secondary N) is 1. The van der Waals surface area contributed by atoms with Crippen LogP contribution in [0.3, 0.4) is 0 Å². The van der Waals surface area contributed by atoms with Gasteiger partial charge in [-0.2, -0.15) is 0 Å². The van der Waals surface area contributed by atoms with Gasteiger partial charge in [0.2, 0.25) is 0 Å². The number of amides is 1. The first-order valence-electron chi connectivity index (χ1n) is 8.35. The van der Waals surface area contributed by atoms with E-state index in [4.69, 9.17) is 0 Å². The van der Waals surface area contributed by atoms with Crippen LogP contribution in [0.15, 0.2) is 29.6 Å². The summed E-state index contributed by atoms with van der Waals surface area (Å²) in [4.78, 5) is 18.6. The molecule has 0 saturated carbocycles. The summed E-state index contributed by atoms with van der Waals surface area (Å²) in [6.45, 7) is 3.32. The molecular weight excluding hydrogens is 341 g/mol. The van der Waals surface area contributed by atoms with Gasteiger partial charge in [-0.15, -0.1) is 11.3 Å². The smallest absolute Gasteiger partial charge is 0.256 e. The monoisotopic (exact) mass is 363 g/mol. The van der Waals surface area contributed by atoms with Crippen LogP contribution in [0.4, 0.5) is 4.39 Å². The Balaban J connectivity index is 1.61. The zero-order valence-corrected chi connectivity index (χ0v) is 15.0. The summed E-state index contributed by atoms with van der Waals surface area (Å²) in [5, 5.41) is 16.8. The van der Waals surface area contributed by atoms with Crippen molar-refractivity contribution in [3.8, 4) is 0 Å². The highest BCUT2D eigenvalue weighted by Crippen LogP contribution is 2.24. The Kier molecular flexibility index (Phi) is 5.46. The molecule has 7 heteroatoms. The lowest BCUT2D eigenvalue weighted by molar-refractivity contribution is -0.157. The molecule has 5 nitrogen and oxygen atoms in total. The fraction of sp³-hybridized carbons (Fsp3) is 0.444. The minimum absolute atomic E-state index is 0.165. The number of hydrogen-bond donors (Lipinski definition) is 2. The molecular formula is C18H22FN3O2S. The second-order valence-electron chi connectivity index (χ2n) is 6.44. The molecule has 2 aromatic rings. The second-order valence-corrected chi connectivity index (χ2v) is 7.38.